The van der Waals surface area contributed by atoms with Gasteiger partial charge < -0.3 is 19.3 Å². The maximum atomic E-state index is 2.65. The summed E-state index contributed by atoms with van der Waals surface area (Å²) in [5.74, 6) is 0. The third kappa shape index (κ3) is 10.4. The third-order valence-electron chi connectivity index (χ3n) is 20.0. The molecule has 0 N–H and O–H groups in total. The van der Waals surface area contributed by atoms with Crippen molar-refractivity contribution in [3.05, 3.63) is 270 Å². The molecule has 94 heavy (non-hydrogen) atoms. The van der Waals surface area contributed by atoms with E-state index >= 15 is 0 Å². The van der Waals surface area contributed by atoms with Gasteiger partial charge in [0.05, 0.1) is 22.4 Å². The molecule has 0 amide bonds. The highest BCUT2D eigenvalue weighted by molar-refractivity contribution is 7.33. The van der Waals surface area contributed by atoms with Gasteiger partial charge in [0.25, 0.3) is 6.71 Å². The standard InChI is InChI=1S/C88H85BN4S/c1-84(2,3)59-31-40-65(41-32-59)90(66-42-33-60(34-43-66)85(4,5)6)76-55-77-73(54-71(76)57-30-48-70-69-28-22-23-29-74(69)91(75(70)50-57)64-26-20-17-21-27-64)89-81-78(92(77)67-44-35-61(36-45-67)86(7,8)9)51-58(56-24-18-16-19-25-56)52-79(81)93(68-46-37-62(38-47-68)87(10,11)12)82-72-53-63(88(13,14)15)39-49-80(72)94-83(82)89/h16-55H,1-15H3. The number of nitrogens with zero attached hydrogens (tertiary/aromatic N) is 4. The highest BCUT2D eigenvalue weighted by Crippen LogP contribution is 2.53. The quantitative estimate of drug-likeness (QED) is 0.141. The van der Waals surface area contributed by atoms with E-state index in [2.05, 4.69) is 366 Å². The van der Waals surface area contributed by atoms with Crippen molar-refractivity contribution in [3.63, 3.8) is 0 Å². The fraction of sp³-hybridized carbons (Fsp3) is 0.227. The first-order valence-electron chi connectivity index (χ1n) is 33.7. The predicted octanol–water partition coefficient (Wildman–Crippen LogP) is 23.4. The first-order chi connectivity index (χ1) is 44.8. The normalized spacial score (nSPS) is 13.4. The molecule has 2 aliphatic heterocycles. The molecule has 0 aliphatic carbocycles. The molecule has 0 unspecified atom stereocenters. The van der Waals surface area contributed by atoms with E-state index in [4.69, 9.17) is 0 Å². The predicted molar refractivity (Wildman–Crippen MR) is 409 cm³/mol. The molecular weight excluding hydrogens is 1160 g/mol. The van der Waals surface area contributed by atoms with Gasteiger partial charge in [0.1, 0.15) is 0 Å². The number of hydrogen-bond donors (Lipinski definition) is 0. The van der Waals surface area contributed by atoms with Crippen LogP contribution in [-0.2, 0) is 27.1 Å². The van der Waals surface area contributed by atoms with Crippen LogP contribution in [-0.4, -0.2) is 11.3 Å². The molecule has 466 valence electrons. The summed E-state index contributed by atoms with van der Waals surface area (Å²) in [6.45, 7) is 34.7. The molecular formula is C88H85BN4S. The first kappa shape index (κ1) is 60.9. The van der Waals surface area contributed by atoms with E-state index in [1.807, 2.05) is 11.3 Å². The van der Waals surface area contributed by atoms with Gasteiger partial charge in [0.15, 0.2) is 0 Å². The van der Waals surface area contributed by atoms with Gasteiger partial charge in [-0.2, -0.15) is 0 Å². The van der Waals surface area contributed by atoms with Crippen molar-refractivity contribution < 1.29 is 0 Å². The maximum Gasteiger partial charge on any atom is 0.264 e. The fourth-order valence-corrected chi connectivity index (χ4v) is 15.9. The number of fused-ring (bicyclic) bond motifs is 9. The van der Waals surface area contributed by atoms with Gasteiger partial charge in [-0.3, -0.25) is 0 Å². The Bertz CT molecular complexity index is 5000. The van der Waals surface area contributed by atoms with Crippen LogP contribution in [0.25, 0.3) is 59.8 Å². The van der Waals surface area contributed by atoms with Gasteiger partial charge in [-0.15, -0.1) is 11.3 Å². The summed E-state index contributed by atoms with van der Waals surface area (Å²) in [6, 6.07) is 93.5. The summed E-state index contributed by atoms with van der Waals surface area (Å²) in [6.07, 6.45) is 0. The SMILES string of the molecule is CC(C)(C)c1ccc(N(c2ccc(C(C)(C)C)cc2)c2cc3c(cc2-c2ccc4c5ccccc5n(-c5ccccc5)c4c2)B2c4sc5ccc(C(C)(C)C)cc5c4N(c4ccc(C(C)(C)C)cc4)c4cc(-c5ccccc5)cc(c42)N3c2ccc(C(C)(C)C)cc2)cc1. The minimum atomic E-state index is -0.164. The number of hydrogen-bond acceptors (Lipinski definition) is 4. The van der Waals surface area contributed by atoms with Crippen LogP contribution < -0.4 is 30.4 Å². The molecule has 4 nitrogen and oxygen atoms in total. The molecule has 6 heteroatoms. The molecule has 15 rings (SSSR count). The van der Waals surface area contributed by atoms with Gasteiger partial charge in [0, 0.05) is 76.7 Å². The van der Waals surface area contributed by atoms with Crippen molar-refractivity contribution in [2.45, 2.75) is 131 Å². The second kappa shape index (κ2) is 22.1. The van der Waals surface area contributed by atoms with Crippen molar-refractivity contribution in [1.29, 1.82) is 0 Å². The van der Waals surface area contributed by atoms with E-state index in [1.165, 1.54) is 98.1 Å². The molecule has 2 aromatic heterocycles. The monoisotopic (exact) mass is 1240 g/mol. The van der Waals surface area contributed by atoms with Gasteiger partial charge in [0.2, 0.25) is 0 Å². The van der Waals surface area contributed by atoms with Crippen molar-refractivity contribution >= 4 is 117 Å². The Balaban J connectivity index is 1.11. The number of para-hydroxylation sites is 2. The molecule has 0 atom stereocenters. The number of anilines is 9. The number of benzene rings is 11. The fourth-order valence-electron chi connectivity index (χ4n) is 14.6. The van der Waals surface area contributed by atoms with Crippen molar-refractivity contribution in [3.8, 4) is 27.9 Å². The lowest BCUT2D eigenvalue weighted by atomic mass is 9.36. The van der Waals surface area contributed by atoms with Crippen molar-refractivity contribution in [2.24, 2.45) is 0 Å². The van der Waals surface area contributed by atoms with Crippen LogP contribution in [0.15, 0.2) is 243 Å². The Morgan fingerprint density at radius 1 is 0.340 bits per heavy atom. The van der Waals surface area contributed by atoms with Crippen LogP contribution in [0.3, 0.4) is 0 Å². The van der Waals surface area contributed by atoms with Gasteiger partial charge in [-0.05, 0) is 186 Å². The van der Waals surface area contributed by atoms with Crippen LogP contribution in [0.1, 0.15) is 132 Å². The third-order valence-corrected chi connectivity index (χ3v) is 21.2. The Hall–Kier alpha value is -9.36. The molecule has 2 aliphatic rings. The average Bonchev–Trinajstić information content (AvgIpc) is 1.10. The second-order valence-corrected chi connectivity index (χ2v) is 32.6. The minimum Gasteiger partial charge on any atom is -0.311 e. The van der Waals surface area contributed by atoms with E-state index in [-0.39, 0.29) is 33.8 Å². The van der Waals surface area contributed by atoms with Crippen LogP contribution in [0.5, 0.6) is 0 Å². The summed E-state index contributed by atoms with van der Waals surface area (Å²) < 4.78 is 5.10. The second-order valence-electron chi connectivity index (χ2n) is 31.5. The Morgan fingerprint density at radius 3 is 1.37 bits per heavy atom. The molecule has 4 heterocycles. The van der Waals surface area contributed by atoms with E-state index in [9.17, 15) is 0 Å². The zero-order valence-corrected chi connectivity index (χ0v) is 58.2. The lowest BCUT2D eigenvalue weighted by Crippen LogP contribution is -2.60. The van der Waals surface area contributed by atoms with Gasteiger partial charge in [-0.25, -0.2) is 0 Å². The van der Waals surface area contributed by atoms with Gasteiger partial charge >= 0.3 is 0 Å². The van der Waals surface area contributed by atoms with E-state index in [1.54, 1.807) is 0 Å². The molecule has 0 saturated carbocycles. The zero-order chi connectivity index (χ0) is 65.5. The first-order valence-corrected chi connectivity index (χ1v) is 34.5. The lowest BCUT2D eigenvalue weighted by Gasteiger charge is -2.44. The number of aromatic nitrogens is 1. The lowest BCUT2D eigenvalue weighted by molar-refractivity contribution is 0.590. The van der Waals surface area contributed by atoms with E-state index < -0.39 is 0 Å². The minimum absolute atomic E-state index is 0.0208. The summed E-state index contributed by atoms with van der Waals surface area (Å²) in [5.41, 5.74) is 27.3. The summed E-state index contributed by atoms with van der Waals surface area (Å²) >= 11 is 1.97. The largest absolute Gasteiger partial charge is 0.311 e. The topological polar surface area (TPSA) is 14.7 Å². The molecule has 0 spiro atoms. The summed E-state index contributed by atoms with van der Waals surface area (Å²) in [5, 5.41) is 3.74. The Labute approximate surface area is 561 Å². The molecule has 13 aromatic rings. The Kier molecular flexibility index (Phi) is 14.3. The average molecular weight is 1240 g/mol. The van der Waals surface area contributed by atoms with Crippen molar-refractivity contribution in [1.82, 2.24) is 4.57 Å². The van der Waals surface area contributed by atoms with E-state index in [0.717, 1.165) is 56.5 Å². The van der Waals surface area contributed by atoms with E-state index in [0.29, 0.717) is 0 Å². The summed E-state index contributed by atoms with van der Waals surface area (Å²) in [7, 11) is 0. The van der Waals surface area contributed by atoms with Gasteiger partial charge in [-0.1, -0.05) is 243 Å². The maximum absolute atomic E-state index is 2.65. The van der Waals surface area contributed by atoms with Crippen molar-refractivity contribution in [2.75, 3.05) is 14.7 Å². The molecule has 0 bridgehead atoms. The molecule has 0 fully saturated rings. The van der Waals surface area contributed by atoms with Crippen LogP contribution in [0, 0.1) is 0 Å². The van der Waals surface area contributed by atoms with Crippen LogP contribution >= 0.6 is 11.3 Å². The Morgan fingerprint density at radius 2 is 0.819 bits per heavy atom. The highest BCUT2D eigenvalue weighted by atomic mass is 32.1. The van der Waals surface area contributed by atoms with Crippen LogP contribution in [0.4, 0.5) is 51.2 Å². The molecule has 0 saturated heterocycles. The highest BCUT2D eigenvalue weighted by Gasteiger charge is 2.47. The number of rotatable bonds is 8. The molecule has 0 radical (unpaired) electrons. The summed E-state index contributed by atoms with van der Waals surface area (Å²) in [4.78, 5) is 7.83. The van der Waals surface area contributed by atoms with Crippen LogP contribution in [0.2, 0.25) is 0 Å². The smallest absolute Gasteiger partial charge is 0.264 e. The molecule has 11 aromatic carbocycles. The zero-order valence-electron chi connectivity index (χ0n) is 57.4. The number of thiophene rings is 1.